The SMILES string of the molecule is CCCc1cc2c(c(=O)n1CCO)C(c1ccccc1F)C(C#N)=C(N)O2. The van der Waals surface area contributed by atoms with E-state index in [1.807, 2.05) is 13.0 Å². The van der Waals surface area contributed by atoms with E-state index in [0.29, 0.717) is 12.1 Å². The molecule has 0 bridgehead atoms. The van der Waals surface area contributed by atoms with Crippen molar-refractivity contribution in [1.29, 1.82) is 5.26 Å². The monoisotopic (exact) mass is 369 g/mol. The second kappa shape index (κ2) is 7.64. The summed E-state index contributed by atoms with van der Waals surface area (Å²) in [7, 11) is 0. The normalized spacial score (nSPS) is 15.9. The molecule has 1 aromatic carbocycles. The number of hydrogen-bond donors (Lipinski definition) is 2. The van der Waals surface area contributed by atoms with Crippen LogP contribution in [0.25, 0.3) is 0 Å². The molecule has 3 N–H and O–H groups in total. The number of aliphatic hydroxyl groups is 1. The Kier molecular flexibility index (Phi) is 5.28. The zero-order valence-corrected chi connectivity index (χ0v) is 14.9. The summed E-state index contributed by atoms with van der Waals surface area (Å²) >= 11 is 0. The van der Waals surface area contributed by atoms with Crippen LogP contribution in [0.5, 0.6) is 5.75 Å². The number of benzene rings is 1. The van der Waals surface area contributed by atoms with Crippen LogP contribution in [-0.2, 0) is 13.0 Å². The number of rotatable bonds is 5. The Morgan fingerprint density at radius 1 is 1.41 bits per heavy atom. The Bertz CT molecular complexity index is 1000. The standard InChI is InChI=1S/C20H20FN3O3/c1-2-5-12-10-16-18(20(26)24(12)8-9-25)17(14(11-22)19(23)27-16)13-6-3-4-7-15(13)21/h3-4,6-7,10,17,25H,2,5,8-9,23H2,1H3. The van der Waals surface area contributed by atoms with Crippen molar-refractivity contribution in [2.24, 2.45) is 5.73 Å². The van der Waals surface area contributed by atoms with E-state index in [-0.39, 0.29) is 41.5 Å². The predicted molar refractivity (Wildman–Crippen MR) is 97.5 cm³/mol. The first-order valence-electron chi connectivity index (χ1n) is 8.72. The molecule has 3 rings (SSSR count). The van der Waals surface area contributed by atoms with Gasteiger partial charge in [0.05, 0.1) is 18.1 Å². The molecule has 2 aromatic rings. The van der Waals surface area contributed by atoms with Gasteiger partial charge in [-0.3, -0.25) is 4.79 Å². The van der Waals surface area contributed by atoms with Gasteiger partial charge in [-0.1, -0.05) is 31.5 Å². The van der Waals surface area contributed by atoms with Gasteiger partial charge in [-0.05, 0) is 12.5 Å². The molecule has 0 fully saturated rings. The first-order chi connectivity index (χ1) is 13.0. The van der Waals surface area contributed by atoms with Gasteiger partial charge in [0.15, 0.2) is 0 Å². The van der Waals surface area contributed by atoms with Crippen LogP contribution in [0, 0.1) is 17.1 Å². The van der Waals surface area contributed by atoms with Crippen molar-refractivity contribution in [2.75, 3.05) is 6.61 Å². The van der Waals surface area contributed by atoms with E-state index < -0.39 is 17.3 Å². The summed E-state index contributed by atoms with van der Waals surface area (Å²) in [5, 5.41) is 18.9. The van der Waals surface area contributed by atoms with Crippen LogP contribution >= 0.6 is 0 Å². The van der Waals surface area contributed by atoms with E-state index in [2.05, 4.69) is 0 Å². The van der Waals surface area contributed by atoms with Crippen molar-refractivity contribution in [3.05, 3.63) is 74.8 Å². The van der Waals surface area contributed by atoms with Crippen molar-refractivity contribution < 1.29 is 14.2 Å². The molecule has 27 heavy (non-hydrogen) atoms. The van der Waals surface area contributed by atoms with Gasteiger partial charge in [0, 0.05) is 23.9 Å². The number of ether oxygens (including phenoxy) is 1. The Morgan fingerprint density at radius 2 is 2.15 bits per heavy atom. The zero-order valence-electron chi connectivity index (χ0n) is 14.9. The average Bonchev–Trinajstić information content (AvgIpc) is 2.64. The number of nitrogens with two attached hydrogens (primary N) is 1. The maximum absolute atomic E-state index is 14.5. The van der Waals surface area contributed by atoms with Crippen LogP contribution in [0.4, 0.5) is 4.39 Å². The third kappa shape index (κ3) is 3.20. The Morgan fingerprint density at radius 3 is 2.78 bits per heavy atom. The molecule has 1 atom stereocenters. The third-order valence-electron chi connectivity index (χ3n) is 4.61. The average molecular weight is 369 g/mol. The molecule has 0 spiro atoms. The smallest absolute Gasteiger partial charge is 0.258 e. The van der Waals surface area contributed by atoms with E-state index in [0.717, 1.165) is 6.42 Å². The van der Waals surface area contributed by atoms with Crippen molar-refractivity contribution in [2.45, 2.75) is 32.2 Å². The summed E-state index contributed by atoms with van der Waals surface area (Å²) in [4.78, 5) is 13.2. The predicted octanol–water partition coefficient (Wildman–Crippen LogP) is 2.15. The van der Waals surface area contributed by atoms with Crippen molar-refractivity contribution in [1.82, 2.24) is 4.57 Å². The Labute approximate surface area is 155 Å². The highest BCUT2D eigenvalue weighted by Crippen LogP contribution is 2.41. The summed E-state index contributed by atoms with van der Waals surface area (Å²) in [6.07, 6.45) is 1.39. The first kappa shape index (κ1) is 18.7. The minimum atomic E-state index is -0.965. The molecule has 0 saturated heterocycles. The summed E-state index contributed by atoms with van der Waals surface area (Å²) in [6.45, 7) is 1.86. The highest BCUT2D eigenvalue weighted by Gasteiger charge is 2.35. The fourth-order valence-electron chi connectivity index (χ4n) is 3.45. The van der Waals surface area contributed by atoms with Gasteiger partial charge in [-0.15, -0.1) is 0 Å². The first-order valence-corrected chi connectivity index (χ1v) is 8.72. The number of allylic oxidation sites excluding steroid dienone is 1. The molecule has 0 amide bonds. The lowest BCUT2D eigenvalue weighted by atomic mass is 9.83. The molecule has 1 unspecified atom stereocenters. The van der Waals surface area contributed by atoms with Crippen LogP contribution in [0.2, 0.25) is 0 Å². The van der Waals surface area contributed by atoms with E-state index >= 15 is 0 Å². The summed E-state index contributed by atoms with van der Waals surface area (Å²) in [6, 6.07) is 9.60. The molecule has 6 nitrogen and oxygen atoms in total. The number of pyridine rings is 1. The number of aliphatic hydroxyl groups excluding tert-OH is 1. The van der Waals surface area contributed by atoms with Crippen LogP contribution in [0.1, 0.15) is 36.1 Å². The van der Waals surface area contributed by atoms with Crippen LogP contribution < -0.4 is 16.0 Å². The van der Waals surface area contributed by atoms with Crippen LogP contribution in [0.15, 0.2) is 46.6 Å². The number of fused-ring (bicyclic) bond motifs is 1. The summed E-state index contributed by atoms with van der Waals surface area (Å²) in [5.74, 6) is -1.42. The number of aryl methyl sites for hydroxylation is 1. The molecule has 2 heterocycles. The number of nitrogens with zero attached hydrogens (tertiary/aromatic N) is 2. The van der Waals surface area contributed by atoms with Crippen LogP contribution in [0.3, 0.4) is 0 Å². The maximum atomic E-state index is 14.5. The zero-order chi connectivity index (χ0) is 19.6. The molecule has 140 valence electrons. The molecular weight excluding hydrogens is 349 g/mol. The maximum Gasteiger partial charge on any atom is 0.258 e. The molecule has 0 aliphatic carbocycles. The molecule has 1 aromatic heterocycles. The largest absolute Gasteiger partial charge is 0.440 e. The van der Waals surface area contributed by atoms with Crippen molar-refractivity contribution in [3.63, 3.8) is 0 Å². The Balaban J connectivity index is 2.34. The van der Waals surface area contributed by atoms with Gasteiger partial charge in [-0.2, -0.15) is 5.26 Å². The molecular formula is C20H20FN3O3. The van der Waals surface area contributed by atoms with E-state index in [9.17, 15) is 19.6 Å². The summed E-state index contributed by atoms with van der Waals surface area (Å²) < 4.78 is 21.5. The van der Waals surface area contributed by atoms with E-state index in [1.54, 1.807) is 12.1 Å². The molecule has 0 saturated carbocycles. The van der Waals surface area contributed by atoms with E-state index in [1.165, 1.54) is 22.8 Å². The molecule has 1 aliphatic heterocycles. The highest BCUT2D eigenvalue weighted by atomic mass is 19.1. The number of halogens is 1. The van der Waals surface area contributed by atoms with Gasteiger partial charge in [-0.25, -0.2) is 4.39 Å². The second-order valence-electron chi connectivity index (χ2n) is 6.29. The van der Waals surface area contributed by atoms with Crippen molar-refractivity contribution >= 4 is 0 Å². The third-order valence-corrected chi connectivity index (χ3v) is 4.61. The highest BCUT2D eigenvalue weighted by molar-refractivity contribution is 5.55. The van der Waals surface area contributed by atoms with Gasteiger partial charge in [0.25, 0.3) is 5.56 Å². The molecule has 1 aliphatic rings. The number of aromatic nitrogens is 1. The van der Waals surface area contributed by atoms with Crippen LogP contribution in [-0.4, -0.2) is 16.3 Å². The lowest BCUT2D eigenvalue weighted by molar-refractivity contribution is 0.271. The second-order valence-corrected chi connectivity index (χ2v) is 6.29. The van der Waals surface area contributed by atoms with Gasteiger partial charge >= 0.3 is 0 Å². The Hall–Kier alpha value is -3.11. The fraction of sp³-hybridized carbons (Fsp3) is 0.300. The number of nitriles is 1. The van der Waals surface area contributed by atoms with Gasteiger partial charge in [0.2, 0.25) is 5.88 Å². The quantitative estimate of drug-likeness (QED) is 0.841. The molecule has 7 heteroatoms. The lowest BCUT2D eigenvalue weighted by Gasteiger charge is -2.28. The van der Waals surface area contributed by atoms with Gasteiger partial charge < -0.3 is 20.1 Å². The fourth-order valence-corrected chi connectivity index (χ4v) is 3.45. The lowest BCUT2D eigenvalue weighted by Crippen LogP contribution is -2.34. The van der Waals surface area contributed by atoms with Crippen molar-refractivity contribution in [3.8, 4) is 11.8 Å². The minimum Gasteiger partial charge on any atom is -0.440 e. The topological polar surface area (TPSA) is 101 Å². The number of hydrogen-bond acceptors (Lipinski definition) is 5. The van der Waals surface area contributed by atoms with E-state index in [4.69, 9.17) is 10.5 Å². The minimum absolute atomic E-state index is 0.0107. The molecule has 0 radical (unpaired) electrons. The summed E-state index contributed by atoms with van der Waals surface area (Å²) in [5.41, 5.74) is 6.51. The van der Waals surface area contributed by atoms with Gasteiger partial charge in [0.1, 0.15) is 23.2 Å².